The van der Waals surface area contributed by atoms with Gasteiger partial charge in [-0.25, -0.2) is 4.79 Å². The van der Waals surface area contributed by atoms with Gasteiger partial charge in [-0.3, -0.25) is 0 Å². The molecule has 2 fully saturated rings. The van der Waals surface area contributed by atoms with Crippen molar-refractivity contribution in [2.24, 2.45) is 0 Å². The van der Waals surface area contributed by atoms with Gasteiger partial charge in [0.05, 0.1) is 43.8 Å². The van der Waals surface area contributed by atoms with Crippen molar-refractivity contribution in [3.8, 4) is 0 Å². The molecule has 2 N–H and O–H groups in total. The van der Waals surface area contributed by atoms with Gasteiger partial charge in [-0.15, -0.1) is 0 Å². The van der Waals surface area contributed by atoms with Gasteiger partial charge in [-0.1, -0.05) is 6.07 Å². The molecule has 21 heavy (non-hydrogen) atoms. The van der Waals surface area contributed by atoms with Crippen molar-refractivity contribution in [3.05, 3.63) is 23.8 Å². The Labute approximate surface area is 123 Å². The normalized spacial score (nSPS) is 20.7. The van der Waals surface area contributed by atoms with Gasteiger partial charge in [0.1, 0.15) is 0 Å². The quantitative estimate of drug-likeness (QED) is 0.656. The van der Waals surface area contributed by atoms with Crippen LogP contribution in [0.5, 0.6) is 0 Å². The number of hydrogen-bond acceptors (Lipinski definition) is 6. The standard InChI is InChI=1S/C15H20N2O4/c1-19-14(18)11-4-2-5-12(13(11)16)17-7-3-6-15(10-17)20-8-9-21-15/h2,4-5H,3,6-10,16H2,1H3. The summed E-state index contributed by atoms with van der Waals surface area (Å²) in [5.74, 6) is -0.944. The Morgan fingerprint density at radius 1 is 1.38 bits per heavy atom. The zero-order valence-corrected chi connectivity index (χ0v) is 12.1. The number of carbonyl (C=O) groups is 1. The first-order chi connectivity index (χ1) is 10.2. The number of nitrogen functional groups attached to an aromatic ring is 1. The molecular weight excluding hydrogens is 272 g/mol. The second-order valence-corrected chi connectivity index (χ2v) is 5.36. The summed E-state index contributed by atoms with van der Waals surface area (Å²) < 4.78 is 16.3. The van der Waals surface area contributed by atoms with E-state index in [1.807, 2.05) is 12.1 Å². The summed E-state index contributed by atoms with van der Waals surface area (Å²) in [7, 11) is 1.35. The molecule has 3 rings (SSSR count). The minimum atomic E-state index is -0.522. The highest BCUT2D eigenvalue weighted by atomic mass is 16.7. The highest BCUT2D eigenvalue weighted by molar-refractivity contribution is 5.98. The van der Waals surface area contributed by atoms with Gasteiger partial charge in [-0.05, 0) is 18.6 Å². The van der Waals surface area contributed by atoms with E-state index in [4.69, 9.17) is 19.9 Å². The number of nitrogens with two attached hydrogens (primary N) is 1. The molecule has 6 nitrogen and oxygen atoms in total. The molecule has 0 radical (unpaired) electrons. The number of nitrogens with zero attached hydrogens (tertiary/aromatic N) is 1. The van der Waals surface area contributed by atoms with Crippen LogP contribution in [0, 0.1) is 0 Å². The lowest BCUT2D eigenvalue weighted by molar-refractivity contribution is -0.161. The molecule has 0 aromatic heterocycles. The van der Waals surface area contributed by atoms with Crippen LogP contribution in [0.1, 0.15) is 23.2 Å². The third kappa shape index (κ3) is 2.56. The summed E-state index contributed by atoms with van der Waals surface area (Å²) in [6.45, 7) is 2.75. The van der Waals surface area contributed by atoms with E-state index in [2.05, 4.69) is 4.90 Å². The topological polar surface area (TPSA) is 74.0 Å². The zero-order chi connectivity index (χ0) is 14.9. The first kappa shape index (κ1) is 14.2. The summed E-state index contributed by atoms with van der Waals surface area (Å²) in [5.41, 5.74) is 7.82. The molecule has 0 aliphatic carbocycles. The van der Waals surface area contributed by atoms with Crippen LogP contribution in [0.15, 0.2) is 18.2 Å². The van der Waals surface area contributed by atoms with Crippen LogP contribution in [-0.4, -0.2) is 45.2 Å². The van der Waals surface area contributed by atoms with Crippen molar-refractivity contribution in [3.63, 3.8) is 0 Å². The number of ether oxygens (including phenoxy) is 3. The van der Waals surface area contributed by atoms with Gasteiger partial charge in [-0.2, -0.15) is 0 Å². The Bertz CT molecular complexity index is 540. The lowest BCUT2D eigenvalue weighted by Crippen LogP contribution is -2.49. The van der Waals surface area contributed by atoms with Crippen LogP contribution in [-0.2, 0) is 14.2 Å². The third-order valence-corrected chi connectivity index (χ3v) is 4.06. The molecule has 2 saturated heterocycles. The van der Waals surface area contributed by atoms with Crippen LogP contribution < -0.4 is 10.6 Å². The minimum absolute atomic E-state index is 0.392. The Balaban J connectivity index is 1.88. The van der Waals surface area contributed by atoms with E-state index >= 15 is 0 Å². The maximum Gasteiger partial charge on any atom is 0.340 e. The first-order valence-corrected chi connectivity index (χ1v) is 7.15. The fraction of sp³-hybridized carbons (Fsp3) is 0.533. The largest absolute Gasteiger partial charge is 0.465 e. The molecule has 1 aromatic rings. The summed E-state index contributed by atoms with van der Waals surface area (Å²) in [5, 5.41) is 0. The molecule has 114 valence electrons. The van der Waals surface area contributed by atoms with E-state index in [1.54, 1.807) is 6.07 Å². The zero-order valence-electron chi connectivity index (χ0n) is 12.1. The minimum Gasteiger partial charge on any atom is -0.465 e. The Morgan fingerprint density at radius 3 is 2.86 bits per heavy atom. The lowest BCUT2D eigenvalue weighted by Gasteiger charge is -2.40. The number of methoxy groups -OCH3 is 1. The number of piperidine rings is 1. The maximum absolute atomic E-state index is 11.7. The van der Waals surface area contributed by atoms with E-state index < -0.39 is 11.8 Å². The smallest absolute Gasteiger partial charge is 0.340 e. The predicted molar refractivity (Wildman–Crippen MR) is 78.3 cm³/mol. The van der Waals surface area contributed by atoms with Crippen LogP contribution in [0.4, 0.5) is 11.4 Å². The van der Waals surface area contributed by atoms with Gasteiger partial charge in [0.25, 0.3) is 0 Å². The number of hydrogen-bond donors (Lipinski definition) is 1. The number of rotatable bonds is 2. The van der Waals surface area contributed by atoms with Gasteiger partial charge in [0.2, 0.25) is 0 Å². The van der Waals surface area contributed by atoms with Crippen LogP contribution in [0.2, 0.25) is 0 Å². The van der Waals surface area contributed by atoms with Crippen molar-refractivity contribution < 1.29 is 19.0 Å². The average molecular weight is 292 g/mol. The Morgan fingerprint density at radius 2 is 2.14 bits per heavy atom. The van der Waals surface area contributed by atoms with Crippen LogP contribution in [0.3, 0.4) is 0 Å². The number of benzene rings is 1. The molecule has 2 aliphatic rings. The molecular formula is C15H20N2O4. The molecule has 0 atom stereocenters. The highest BCUT2D eigenvalue weighted by Gasteiger charge is 2.41. The molecule has 0 unspecified atom stereocenters. The van der Waals surface area contributed by atoms with Gasteiger partial charge in [0, 0.05) is 13.0 Å². The fourth-order valence-electron chi connectivity index (χ4n) is 3.04. The molecule has 0 bridgehead atoms. The molecule has 0 saturated carbocycles. The van der Waals surface area contributed by atoms with E-state index in [0.717, 1.165) is 25.1 Å². The fourth-order valence-corrected chi connectivity index (χ4v) is 3.04. The monoisotopic (exact) mass is 292 g/mol. The number of carbonyl (C=O) groups excluding carboxylic acids is 1. The third-order valence-electron chi connectivity index (χ3n) is 4.06. The van der Waals surface area contributed by atoms with Crippen molar-refractivity contribution in [2.75, 3.05) is 44.0 Å². The maximum atomic E-state index is 11.7. The Hall–Kier alpha value is -1.79. The summed E-state index contributed by atoms with van der Waals surface area (Å²) in [6.07, 6.45) is 1.85. The Kier molecular flexibility index (Phi) is 3.73. The van der Waals surface area contributed by atoms with E-state index in [0.29, 0.717) is 31.0 Å². The molecule has 2 aliphatic heterocycles. The van der Waals surface area contributed by atoms with Crippen molar-refractivity contribution in [1.29, 1.82) is 0 Å². The SMILES string of the molecule is COC(=O)c1cccc(N2CCCC3(C2)OCCO3)c1N. The predicted octanol–water partition coefficient (Wildman–Crippen LogP) is 1.40. The van der Waals surface area contributed by atoms with Crippen molar-refractivity contribution >= 4 is 17.3 Å². The van der Waals surface area contributed by atoms with Crippen molar-refractivity contribution in [1.82, 2.24) is 0 Å². The van der Waals surface area contributed by atoms with Crippen molar-refractivity contribution in [2.45, 2.75) is 18.6 Å². The van der Waals surface area contributed by atoms with Crippen LogP contribution >= 0.6 is 0 Å². The van der Waals surface area contributed by atoms with E-state index in [9.17, 15) is 4.79 Å². The second kappa shape index (κ2) is 5.54. The first-order valence-electron chi connectivity index (χ1n) is 7.15. The molecule has 6 heteroatoms. The summed E-state index contributed by atoms with van der Waals surface area (Å²) in [4.78, 5) is 13.9. The number of esters is 1. The van der Waals surface area contributed by atoms with Gasteiger partial charge >= 0.3 is 5.97 Å². The number of anilines is 2. The number of para-hydroxylation sites is 1. The summed E-state index contributed by atoms with van der Waals surface area (Å²) >= 11 is 0. The van der Waals surface area contributed by atoms with Gasteiger partial charge < -0.3 is 24.8 Å². The molecule has 1 aromatic carbocycles. The van der Waals surface area contributed by atoms with Gasteiger partial charge in [0.15, 0.2) is 5.79 Å². The second-order valence-electron chi connectivity index (χ2n) is 5.36. The summed E-state index contributed by atoms with van der Waals surface area (Å²) in [6, 6.07) is 5.40. The molecule has 2 heterocycles. The van der Waals surface area contributed by atoms with E-state index in [-0.39, 0.29) is 0 Å². The lowest BCUT2D eigenvalue weighted by atomic mass is 10.0. The molecule has 1 spiro atoms. The average Bonchev–Trinajstić information content (AvgIpc) is 2.94. The molecule has 0 amide bonds. The van der Waals surface area contributed by atoms with E-state index in [1.165, 1.54) is 7.11 Å². The van der Waals surface area contributed by atoms with Crippen LogP contribution in [0.25, 0.3) is 0 Å². The highest BCUT2D eigenvalue weighted by Crippen LogP contribution is 2.35.